The van der Waals surface area contributed by atoms with Crippen LogP contribution in [0, 0.1) is 0 Å². The third-order valence-electron chi connectivity index (χ3n) is 10.5. The standard InChI is InChI=1S/C36H24.6C5H5.6Fe/c1-2-14-25(13-1)31-32(26-15-3-4-16-26)34(28-19-7-8-20-28)36(30-23-11-12-24-30)35(29-21-9-10-22-29)33(31)27-17-5-6-18-27;6*1-2-4-5-3-1;;;;;;/h1-24H;6*1-5H;;;;;;/q-6;6*-1;6*+2. The van der Waals surface area contributed by atoms with Gasteiger partial charge in [0.15, 0.2) is 0 Å². The quantitative estimate of drug-likeness (QED) is 0.115. The van der Waals surface area contributed by atoms with E-state index in [1.165, 1.54) is 66.8 Å². The number of hydrogen-bond donors (Lipinski definition) is 0. The van der Waals surface area contributed by atoms with Crippen LogP contribution < -0.4 is 0 Å². The molecule has 0 atom stereocenters. The Morgan fingerprint density at radius 2 is 0.250 bits per heavy atom. The zero-order valence-electron chi connectivity index (χ0n) is 39.3. The molecule has 0 fully saturated rings. The van der Waals surface area contributed by atoms with E-state index in [1.54, 1.807) is 0 Å². The number of rotatable bonds is 6. The summed E-state index contributed by atoms with van der Waals surface area (Å²) in [5.41, 5.74) is 15.2. The minimum absolute atomic E-state index is 0. The Bertz CT molecular complexity index is 2270. The molecule has 0 amide bonds. The van der Waals surface area contributed by atoms with Gasteiger partial charge in [0.1, 0.15) is 0 Å². The van der Waals surface area contributed by atoms with Gasteiger partial charge in [0.05, 0.1) is 0 Å². The summed E-state index contributed by atoms with van der Waals surface area (Å²) in [5, 5.41) is 0. The average molecular weight is 1180 g/mol. The Labute approximate surface area is 492 Å². The summed E-state index contributed by atoms with van der Waals surface area (Å²) in [6.07, 6.45) is 0. The molecule has 0 unspecified atom stereocenters. The topological polar surface area (TPSA) is 0 Å². The maximum Gasteiger partial charge on any atom is 2.00 e. The van der Waals surface area contributed by atoms with Crippen molar-refractivity contribution in [3.8, 4) is 66.8 Å². The van der Waals surface area contributed by atoms with E-state index < -0.39 is 0 Å². The van der Waals surface area contributed by atoms with Crippen LogP contribution in [0.15, 0.2) is 328 Å². The van der Waals surface area contributed by atoms with Crippen molar-refractivity contribution < 1.29 is 102 Å². The Kier molecular flexibility index (Phi) is 34.2. The van der Waals surface area contributed by atoms with E-state index in [9.17, 15) is 0 Å². The number of hydrogen-bond acceptors (Lipinski definition) is 0. The van der Waals surface area contributed by atoms with Crippen LogP contribution in [0.25, 0.3) is 66.8 Å². The van der Waals surface area contributed by atoms with Crippen molar-refractivity contribution in [1.82, 2.24) is 0 Å². The summed E-state index contributed by atoms with van der Waals surface area (Å²) < 4.78 is 0. The Morgan fingerprint density at radius 3 is 0.319 bits per heavy atom. The van der Waals surface area contributed by atoms with E-state index in [0.717, 1.165) is 0 Å². The van der Waals surface area contributed by atoms with Crippen molar-refractivity contribution in [2.24, 2.45) is 0 Å². The molecule has 366 valence electrons. The summed E-state index contributed by atoms with van der Waals surface area (Å²) >= 11 is 0. The van der Waals surface area contributed by atoms with Crippen molar-refractivity contribution >= 4 is 0 Å². The van der Waals surface area contributed by atoms with E-state index in [-0.39, 0.29) is 102 Å². The van der Waals surface area contributed by atoms with Crippen LogP contribution >= 0.6 is 0 Å². The second-order valence-corrected chi connectivity index (χ2v) is 15.1. The molecule has 0 radical (unpaired) electrons. The van der Waals surface area contributed by atoms with Crippen LogP contribution in [0.4, 0.5) is 0 Å². The molecular weight excluding hydrogens is 1130 g/mol. The predicted molar refractivity (Wildman–Crippen MR) is 285 cm³/mol. The molecule has 0 aliphatic heterocycles. The molecule has 0 aliphatic carbocycles. The van der Waals surface area contributed by atoms with Gasteiger partial charge in [-0.05, 0) is 0 Å². The van der Waals surface area contributed by atoms with Gasteiger partial charge >= 0.3 is 102 Å². The smallest absolute Gasteiger partial charge is 0.214 e. The van der Waals surface area contributed by atoms with E-state index in [4.69, 9.17) is 0 Å². The summed E-state index contributed by atoms with van der Waals surface area (Å²) in [6, 6.07) is 113. The van der Waals surface area contributed by atoms with Gasteiger partial charge in [0.25, 0.3) is 0 Å². The van der Waals surface area contributed by atoms with Gasteiger partial charge in [-0.3, -0.25) is 0 Å². The van der Waals surface area contributed by atoms with Crippen LogP contribution in [0.1, 0.15) is 0 Å². The normalized spacial score (nSPS) is 9.00. The molecule has 0 N–H and O–H groups in total. The second-order valence-electron chi connectivity index (χ2n) is 15.1. The van der Waals surface area contributed by atoms with Gasteiger partial charge < -0.3 is 0 Å². The Morgan fingerprint density at radius 1 is 0.153 bits per heavy atom. The molecule has 0 bridgehead atoms. The molecule has 13 rings (SSSR count). The van der Waals surface area contributed by atoms with E-state index in [0.29, 0.717) is 0 Å². The fraction of sp³-hybridized carbons (Fsp3) is 0. The zero-order valence-corrected chi connectivity index (χ0v) is 45.9. The predicted octanol–water partition coefficient (Wildman–Crippen LogP) is 18.4. The zero-order chi connectivity index (χ0) is 45.1. The summed E-state index contributed by atoms with van der Waals surface area (Å²) in [7, 11) is 0. The van der Waals surface area contributed by atoms with Gasteiger partial charge in [0, 0.05) is 0 Å². The summed E-state index contributed by atoms with van der Waals surface area (Å²) in [4.78, 5) is 0. The molecule has 0 saturated carbocycles. The van der Waals surface area contributed by atoms with E-state index in [2.05, 4.69) is 146 Å². The summed E-state index contributed by atoms with van der Waals surface area (Å²) in [5.74, 6) is 0. The minimum Gasteiger partial charge on any atom is -0.214 e. The first kappa shape index (κ1) is 64.6. The molecule has 13 aromatic carbocycles. The summed E-state index contributed by atoms with van der Waals surface area (Å²) in [6.45, 7) is 0. The fourth-order valence-electron chi connectivity index (χ4n) is 7.65. The van der Waals surface area contributed by atoms with Crippen LogP contribution in [-0.2, 0) is 102 Å². The largest absolute Gasteiger partial charge is 2.00 e. The molecule has 0 nitrogen and oxygen atoms in total. The van der Waals surface area contributed by atoms with E-state index >= 15 is 0 Å². The molecule has 0 aromatic heterocycles. The van der Waals surface area contributed by atoms with Crippen molar-refractivity contribution in [1.29, 1.82) is 0 Å². The SMILES string of the molecule is [Fe+2].[Fe+2].[Fe+2].[Fe+2].[Fe+2].[Fe+2].c1cc[c-](-c2c(-[c-]3cccc3)c(-[c-]3cccc3)c(-[c-]3cccc3)c(-[c-]3cccc3)c2-[c-]2cccc2)c1.c1cc[cH-]c1.c1cc[cH-]c1.c1cc[cH-]c1.c1cc[cH-]c1.c1cc[cH-]c1.c1cc[cH-]c1. The third-order valence-corrected chi connectivity index (χ3v) is 10.5. The van der Waals surface area contributed by atoms with Crippen LogP contribution in [0.5, 0.6) is 0 Å². The van der Waals surface area contributed by atoms with Gasteiger partial charge in [-0.15, -0.1) is 106 Å². The van der Waals surface area contributed by atoms with Crippen LogP contribution in [0.3, 0.4) is 0 Å². The molecular formula is C66H54Fe6. The molecule has 0 spiro atoms. The average Bonchev–Trinajstić information content (AvgIpc) is 4.23. The van der Waals surface area contributed by atoms with Crippen molar-refractivity contribution in [2.75, 3.05) is 0 Å². The minimum atomic E-state index is 0. The Balaban J connectivity index is 0.000000581. The molecule has 0 aliphatic rings. The van der Waals surface area contributed by atoms with Crippen LogP contribution in [0.2, 0.25) is 0 Å². The molecule has 0 saturated heterocycles. The van der Waals surface area contributed by atoms with Crippen molar-refractivity contribution in [3.05, 3.63) is 328 Å². The fourth-order valence-corrected chi connectivity index (χ4v) is 7.65. The van der Waals surface area contributed by atoms with Crippen molar-refractivity contribution in [2.45, 2.75) is 0 Å². The maximum absolute atomic E-state index is 2.25. The molecule has 13 aromatic rings. The molecule has 0 heterocycles. The second kappa shape index (κ2) is 38.2. The van der Waals surface area contributed by atoms with Gasteiger partial charge in [-0.2, -0.15) is 215 Å². The first-order valence-corrected chi connectivity index (χ1v) is 22.5. The van der Waals surface area contributed by atoms with Gasteiger partial charge in [-0.1, -0.05) is 0 Å². The first-order valence-electron chi connectivity index (χ1n) is 22.5. The first-order chi connectivity index (χ1) is 32.9. The van der Waals surface area contributed by atoms with Crippen molar-refractivity contribution in [3.63, 3.8) is 0 Å². The molecule has 72 heavy (non-hydrogen) atoms. The maximum atomic E-state index is 2.25. The number of benzene rings is 1. The Hall–Kier alpha value is -5.46. The van der Waals surface area contributed by atoms with Gasteiger partial charge in [0.2, 0.25) is 0 Å². The van der Waals surface area contributed by atoms with E-state index in [1.807, 2.05) is 182 Å². The van der Waals surface area contributed by atoms with Gasteiger partial charge in [-0.25, -0.2) is 72.8 Å². The molecule has 6 heteroatoms. The van der Waals surface area contributed by atoms with Crippen LogP contribution in [-0.4, -0.2) is 0 Å². The third kappa shape index (κ3) is 19.9. The monoisotopic (exact) mass is 1180 g/mol.